The summed E-state index contributed by atoms with van der Waals surface area (Å²) in [6.07, 6.45) is 0.787. The molecule has 1 aromatic rings. The minimum atomic E-state index is -0.623. The monoisotopic (exact) mass is 267 g/mol. The summed E-state index contributed by atoms with van der Waals surface area (Å²) in [5.41, 5.74) is 6.25. The second kappa shape index (κ2) is 7.51. The smallest absolute Gasteiger partial charge is 0.347 e. The van der Waals surface area contributed by atoms with E-state index in [9.17, 15) is 4.79 Å². The zero-order valence-electron chi connectivity index (χ0n) is 11.6. The number of esters is 1. The Kier molecular flexibility index (Phi) is 5.99. The van der Waals surface area contributed by atoms with Gasteiger partial charge in [0.2, 0.25) is 0 Å². The average molecular weight is 267 g/mol. The third kappa shape index (κ3) is 4.35. The van der Waals surface area contributed by atoms with Crippen molar-refractivity contribution in [2.45, 2.75) is 32.8 Å². The molecule has 0 fully saturated rings. The molecule has 19 heavy (non-hydrogen) atoms. The SMILES string of the molecule is CCCC(Oc1ccc(N)cc1OC)C(=O)OCC. The van der Waals surface area contributed by atoms with Crippen molar-refractivity contribution in [1.29, 1.82) is 0 Å². The molecule has 0 amide bonds. The summed E-state index contributed by atoms with van der Waals surface area (Å²) in [5, 5.41) is 0. The lowest BCUT2D eigenvalue weighted by Gasteiger charge is -2.18. The first-order chi connectivity index (χ1) is 9.12. The summed E-state index contributed by atoms with van der Waals surface area (Å²) >= 11 is 0. The number of nitrogen functional groups attached to an aromatic ring is 1. The molecular formula is C14H21NO4. The van der Waals surface area contributed by atoms with Gasteiger partial charge in [0.05, 0.1) is 13.7 Å². The van der Waals surface area contributed by atoms with E-state index < -0.39 is 6.10 Å². The van der Waals surface area contributed by atoms with Crippen LogP contribution in [0.4, 0.5) is 5.69 Å². The van der Waals surface area contributed by atoms with Crippen molar-refractivity contribution >= 4 is 11.7 Å². The fourth-order valence-electron chi connectivity index (χ4n) is 1.66. The summed E-state index contributed by atoms with van der Waals surface area (Å²) in [6, 6.07) is 5.05. The van der Waals surface area contributed by atoms with Crippen LogP contribution < -0.4 is 15.2 Å². The first kappa shape index (κ1) is 15.1. The van der Waals surface area contributed by atoms with Gasteiger partial charge in [-0.2, -0.15) is 0 Å². The largest absolute Gasteiger partial charge is 0.493 e. The molecule has 0 bridgehead atoms. The van der Waals surface area contributed by atoms with Gasteiger partial charge in [-0.1, -0.05) is 13.3 Å². The maximum absolute atomic E-state index is 11.8. The van der Waals surface area contributed by atoms with E-state index in [4.69, 9.17) is 19.9 Å². The standard InChI is InChI=1S/C14H21NO4/c1-4-6-12(14(16)18-5-2)19-11-8-7-10(15)9-13(11)17-3/h7-9,12H,4-6,15H2,1-3H3. The third-order valence-corrected chi connectivity index (χ3v) is 2.56. The van der Waals surface area contributed by atoms with E-state index in [2.05, 4.69) is 0 Å². The van der Waals surface area contributed by atoms with Crippen molar-refractivity contribution in [1.82, 2.24) is 0 Å². The number of nitrogens with two attached hydrogens (primary N) is 1. The minimum absolute atomic E-state index is 0.335. The summed E-state index contributed by atoms with van der Waals surface area (Å²) in [4.78, 5) is 11.8. The molecule has 0 aliphatic carbocycles. The first-order valence-corrected chi connectivity index (χ1v) is 6.39. The Bertz CT molecular complexity index is 420. The quantitative estimate of drug-likeness (QED) is 0.606. The van der Waals surface area contributed by atoms with E-state index in [0.29, 0.717) is 30.2 Å². The van der Waals surface area contributed by atoms with Gasteiger partial charge < -0.3 is 19.9 Å². The van der Waals surface area contributed by atoms with E-state index in [0.717, 1.165) is 6.42 Å². The van der Waals surface area contributed by atoms with E-state index in [1.54, 1.807) is 25.1 Å². The van der Waals surface area contributed by atoms with Gasteiger partial charge in [0.25, 0.3) is 0 Å². The molecule has 1 unspecified atom stereocenters. The number of ether oxygens (including phenoxy) is 3. The highest BCUT2D eigenvalue weighted by Gasteiger charge is 2.22. The van der Waals surface area contributed by atoms with Crippen LogP contribution in [0.5, 0.6) is 11.5 Å². The molecule has 2 N–H and O–H groups in total. The molecule has 0 aliphatic heterocycles. The van der Waals surface area contributed by atoms with Crippen LogP contribution >= 0.6 is 0 Å². The van der Waals surface area contributed by atoms with Crippen LogP contribution in [-0.2, 0) is 9.53 Å². The van der Waals surface area contributed by atoms with Gasteiger partial charge in [-0.05, 0) is 25.5 Å². The molecule has 0 heterocycles. The highest BCUT2D eigenvalue weighted by Crippen LogP contribution is 2.30. The number of hydrogen-bond acceptors (Lipinski definition) is 5. The van der Waals surface area contributed by atoms with Gasteiger partial charge in [-0.3, -0.25) is 0 Å². The highest BCUT2D eigenvalue weighted by atomic mass is 16.6. The predicted octanol–water partition coefficient (Wildman–Crippen LogP) is 2.39. The molecule has 0 saturated heterocycles. The minimum Gasteiger partial charge on any atom is -0.493 e. The van der Waals surface area contributed by atoms with Crippen LogP contribution in [0, 0.1) is 0 Å². The summed E-state index contributed by atoms with van der Waals surface area (Å²) < 4.78 is 15.9. The molecule has 0 spiro atoms. The lowest BCUT2D eigenvalue weighted by Crippen LogP contribution is -2.29. The average Bonchev–Trinajstić information content (AvgIpc) is 2.40. The van der Waals surface area contributed by atoms with Crippen molar-refractivity contribution in [3.05, 3.63) is 18.2 Å². The molecule has 1 rings (SSSR count). The Hall–Kier alpha value is -1.91. The maximum atomic E-state index is 11.8. The van der Waals surface area contributed by atoms with Gasteiger partial charge in [0.1, 0.15) is 0 Å². The molecule has 1 atom stereocenters. The Labute approximate surface area is 113 Å². The van der Waals surface area contributed by atoms with Gasteiger partial charge >= 0.3 is 5.97 Å². The van der Waals surface area contributed by atoms with Gasteiger partial charge in [0, 0.05) is 11.8 Å². The molecule has 0 radical (unpaired) electrons. The van der Waals surface area contributed by atoms with Crippen LogP contribution in [0.3, 0.4) is 0 Å². The maximum Gasteiger partial charge on any atom is 0.347 e. The number of benzene rings is 1. The normalized spacial score (nSPS) is 11.7. The Morgan fingerprint density at radius 2 is 2.05 bits per heavy atom. The second-order valence-corrected chi connectivity index (χ2v) is 4.06. The van der Waals surface area contributed by atoms with Crippen molar-refractivity contribution in [3.8, 4) is 11.5 Å². The van der Waals surface area contributed by atoms with E-state index in [1.807, 2.05) is 6.92 Å². The van der Waals surface area contributed by atoms with Gasteiger partial charge in [-0.25, -0.2) is 4.79 Å². The Balaban J connectivity index is 2.86. The van der Waals surface area contributed by atoms with Gasteiger partial charge in [-0.15, -0.1) is 0 Å². The van der Waals surface area contributed by atoms with Crippen molar-refractivity contribution in [2.24, 2.45) is 0 Å². The molecule has 0 aromatic heterocycles. The zero-order valence-corrected chi connectivity index (χ0v) is 11.6. The van der Waals surface area contributed by atoms with Crippen LogP contribution in [0.25, 0.3) is 0 Å². The third-order valence-electron chi connectivity index (χ3n) is 2.56. The highest BCUT2D eigenvalue weighted by molar-refractivity contribution is 5.75. The molecule has 5 nitrogen and oxygen atoms in total. The van der Waals surface area contributed by atoms with Crippen LogP contribution in [0.2, 0.25) is 0 Å². The first-order valence-electron chi connectivity index (χ1n) is 6.39. The van der Waals surface area contributed by atoms with E-state index >= 15 is 0 Å². The molecular weight excluding hydrogens is 246 g/mol. The van der Waals surface area contributed by atoms with E-state index in [1.165, 1.54) is 7.11 Å². The molecule has 0 saturated carbocycles. The summed E-state index contributed by atoms with van der Waals surface area (Å²) in [7, 11) is 1.53. The van der Waals surface area contributed by atoms with Crippen LogP contribution in [-0.4, -0.2) is 25.8 Å². The fourth-order valence-corrected chi connectivity index (χ4v) is 1.66. The summed E-state index contributed by atoms with van der Waals surface area (Å²) in [6.45, 7) is 4.09. The number of methoxy groups -OCH3 is 1. The number of carbonyl (C=O) groups excluding carboxylic acids is 1. The van der Waals surface area contributed by atoms with Crippen molar-refractivity contribution in [3.63, 3.8) is 0 Å². The second-order valence-electron chi connectivity index (χ2n) is 4.06. The lowest BCUT2D eigenvalue weighted by atomic mass is 10.2. The Morgan fingerprint density at radius 3 is 2.63 bits per heavy atom. The lowest BCUT2D eigenvalue weighted by molar-refractivity contribution is -0.151. The Morgan fingerprint density at radius 1 is 1.32 bits per heavy atom. The summed E-state index contributed by atoms with van der Waals surface area (Å²) in [5.74, 6) is 0.636. The number of anilines is 1. The van der Waals surface area contributed by atoms with Crippen molar-refractivity contribution in [2.75, 3.05) is 19.5 Å². The molecule has 5 heteroatoms. The van der Waals surface area contributed by atoms with Crippen LogP contribution in [0.1, 0.15) is 26.7 Å². The molecule has 106 valence electrons. The molecule has 0 aliphatic rings. The molecule has 1 aromatic carbocycles. The number of hydrogen-bond donors (Lipinski definition) is 1. The zero-order chi connectivity index (χ0) is 14.3. The fraction of sp³-hybridized carbons (Fsp3) is 0.500. The number of carbonyl (C=O) groups is 1. The van der Waals surface area contributed by atoms with Crippen LogP contribution in [0.15, 0.2) is 18.2 Å². The van der Waals surface area contributed by atoms with E-state index in [-0.39, 0.29) is 5.97 Å². The topological polar surface area (TPSA) is 70.8 Å². The van der Waals surface area contributed by atoms with Gasteiger partial charge in [0.15, 0.2) is 17.6 Å². The van der Waals surface area contributed by atoms with Crippen molar-refractivity contribution < 1.29 is 19.0 Å². The number of rotatable bonds is 7. The predicted molar refractivity (Wildman–Crippen MR) is 73.4 cm³/mol.